The lowest BCUT2D eigenvalue weighted by Gasteiger charge is -2.08. The summed E-state index contributed by atoms with van der Waals surface area (Å²) in [6, 6.07) is 10.3. The first-order chi connectivity index (χ1) is 12.0. The molecule has 0 saturated heterocycles. The molecule has 0 saturated carbocycles. The average Bonchev–Trinajstić information content (AvgIpc) is 3.06. The van der Waals surface area contributed by atoms with Crippen molar-refractivity contribution in [1.29, 1.82) is 0 Å². The highest BCUT2D eigenvalue weighted by atomic mass is 32.2. The molecule has 1 aliphatic rings. The Morgan fingerprint density at radius 2 is 2.00 bits per heavy atom. The summed E-state index contributed by atoms with van der Waals surface area (Å²) in [6.07, 6.45) is 1.62. The van der Waals surface area contributed by atoms with E-state index < -0.39 is 15.9 Å². The van der Waals surface area contributed by atoms with E-state index in [9.17, 15) is 13.2 Å². The van der Waals surface area contributed by atoms with Crippen molar-refractivity contribution in [1.82, 2.24) is 15.0 Å². The van der Waals surface area contributed by atoms with Gasteiger partial charge in [0.1, 0.15) is 0 Å². The summed E-state index contributed by atoms with van der Waals surface area (Å²) in [7, 11) is -3.65. The highest BCUT2D eigenvalue weighted by Gasteiger charge is 2.17. The first-order valence-electron chi connectivity index (χ1n) is 7.54. The van der Waals surface area contributed by atoms with Crippen molar-refractivity contribution in [3.05, 3.63) is 53.9 Å². The third-order valence-corrected chi connectivity index (χ3v) is 4.74. The third kappa shape index (κ3) is 4.91. The van der Waals surface area contributed by atoms with Crippen LogP contribution in [0.2, 0.25) is 0 Å². The third-order valence-electron chi connectivity index (χ3n) is 3.44. The van der Waals surface area contributed by atoms with Gasteiger partial charge < -0.3 is 14.8 Å². The summed E-state index contributed by atoms with van der Waals surface area (Å²) < 4.78 is 36.9. The number of pyridine rings is 1. The summed E-state index contributed by atoms with van der Waals surface area (Å²) in [6.45, 7) is 0.0313. The van der Waals surface area contributed by atoms with Crippen molar-refractivity contribution in [2.75, 3.05) is 13.3 Å². The van der Waals surface area contributed by atoms with Gasteiger partial charge in [-0.1, -0.05) is 12.1 Å². The molecule has 132 valence electrons. The van der Waals surface area contributed by atoms with Gasteiger partial charge in [-0.3, -0.25) is 9.78 Å². The minimum atomic E-state index is -3.65. The van der Waals surface area contributed by atoms with E-state index in [1.807, 2.05) is 6.07 Å². The lowest BCUT2D eigenvalue weighted by molar-refractivity contribution is -0.120. The fourth-order valence-corrected chi connectivity index (χ4v) is 3.30. The van der Waals surface area contributed by atoms with Crippen LogP contribution in [0, 0.1) is 0 Å². The Labute approximate surface area is 145 Å². The number of carbonyl (C=O) groups is 1. The van der Waals surface area contributed by atoms with Gasteiger partial charge in [0.2, 0.25) is 22.7 Å². The van der Waals surface area contributed by atoms with Crippen LogP contribution in [-0.2, 0) is 27.1 Å². The summed E-state index contributed by atoms with van der Waals surface area (Å²) in [4.78, 5) is 15.8. The maximum absolute atomic E-state index is 12.1. The zero-order valence-electron chi connectivity index (χ0n) is 13.3. The van der Waals surface area contributed by atoms with Crippen molar-refractivity contribution < 1.29 is 22.7 Å². The molecule has 2 heterocycles. The van der Waals surface area contributed by atoms with Gasteiger partial charge in [0.05, 0.1) is 24.5 Å². The number of sulfonamides is 1. The smallest absolute Gasteiger partial charge is 0.235 e. The van der Waals surface area contributed by atoms with Crippen LogP contribution in [0.3, 0.4) is 0 Å². The molecule has 0 fully saturated rings. The van der Waals surface area contributed by atoms with E-state index in [4.69, 9.17) is 9.47 Å². The Hall–Kier alpha value is -2.65. The van der Waals surface area contributed by atoms with E-state index >= 15 is 0 Å². The molecule has 9 heteroatoms. The second kappa shape index (κ2) is 7.49. The lowest BCUT2D eigenvalue weighted by atomic mass is 10.2. The van der Waals surface area contributed by atoms with Crippen LogP contribution in [0.25, 0.3) is 0 Å². The molecule has 2 N–H and O–H groups in total. The number of ether oxygens (including phenoxy) is 2. The summed E-state index contributed by atoms with van der Waals surface area (Å²) in [5, 5.41) is 2.60. The van der Waals surface area contributed by atoms with Crippen LogP contribution in [0.15, 0.2) is 42.6 Å². The van der Waals surface area contributed by atoms with Gasteiger partial charge in [-0.25, -0.2) is 13.1 Å². The normalized spacial score (nSPS) is 12.8. The zero-order chi connectivity index (χ0) is 17.7. The monoisotopic (exact) mass is 363 g/mol. The van der Waals surface area contributed by atoms with Crippen LogP contribution in [0.5, 0.6) is 11.5 Å². The maximum atomic E-state index is 12.1. The predicted molar refractivity (Wildman–Crippen MR) is 89.3 cm³/mol. The molecule has 1 aromatic heterocycles. The summed E-state index contributed by atoms with van der Waals surface area (Å²) in [5.41, 5.74) is 1.24. The number of rotatable bonds is 7. The number of fused-ring (bicyclic) bond motifs is 1. The average molecular weight is 363 g/mol. The van der Waals surface area contributed by atoms with Gasteiger partial charge in [-0.2, -0.15) is 0 Å². The maximum Gasteiger partial charge on any atom is 0.235 e. The molecule has 0 atom stereocenters. The second-order valence-corrected chi connectivity index (χ2v) is 7.17. The predicted octanol–water partition coefficient (Wildman–Crippen LogP) is 0.546. The standard InChI is InChI=1S/C16H17N3O5S/c20-16(18-8-13-3-1-2-6-17-13)9-19-25(21,22)10-12-4-5-14-15(7-12)24-11-23-14/h1-7,19H,8-11H2,(H,18,20). The van der Waals surface area contributed by atoms with Crippen LogP contribution in [-0.4, -0.2) is 32.6 Å². The number of benzene rings is 1. The first-order valence-corrected chi connectivity index (χ1v) is 9.19. The molecule has 0 radical (unpaired) electrons. The van der Waals surface area contributed by atoms with Crippen molar-refractivity contribution >= 4 is 15.9 Å². The van der Waals surface area contributed by atoms with E-state index in [2.05, 4.69) is 15.0 Å². The minimum absolute atomic E-state index is 0.125. The Morgan fingerprint density at radius 1 is 1.16 bits per heavy atom. The fourth-order valence-electron chi connectivity index (χ4n) is 2.23. The number of amides is 1. The Balaban J connectivity index is 1.49. The van der Waals surface area contributed by atoms with Gasteiger partial charge in [0.25, 0.3) is 0 Å². The van der Waals surface area contributed by atoms with Gasteiger partial charge in [-0.05, 0) is 29.8 Å². The van der Waals surface area contributed by atoms with Crippen molar-refractivity contribution in [3.63, 3.8) is 0 Å². The molecule has 1 amide bonds. The Morgan fingerprint density at radius 3 is 2.80 bits per heavy atom. The van der Waals surface area contributed by atoms with Crippen molar-refractivity contribution in [3.8, 4) is 11.5 Å². The van der Waals surface area contributed by atoms with Gasteiger partial charge >= 0.3 is 0 Å². The summed E-state index contributed by atoms with van der Waals surface area (Å²) >= 11 is 0. The number of hydrogen-bond donors (Lipinski definition) is 2. The molecular formula is C16H17N3O5S. The lowest BCUT2D eigenvalue weighted by Crippen LogP contribution is -2.37. The van der Waals surface area contributed by atoms with E-state index in [1.54, 1.807) is 36.5 Å². The molecule has 0 unspecified atom stereocenters. The van der Waals surface area contributed by atoms with Gasteiger partial charge in [-0.15, -0.1) is 0 Å². The van der Waals surface area contributed by atoms with E-state index in [0.717, 1.165) is 0 Å². The largest absolute Gasteiger partial charge is 0.454 e. The Bertz CT molecular complexity index is 855. The quantitative estimate of drug-likeness (QED) is 0.744. The van der Waals surface area contributed by atoms with Gasteiger partial charge in [0, 0.05) is 6.20 Å². The van der Waals surface area contributed by atoms with Crippen LogP contribution >= 0.6 is 0 Å². The highest BCUT2D eigenvalue weighted by Crippen LogP contribution is 2.32. The number of hydrogen-bond acceptors (Lipinski definition) is 6. The van der Waals surface area contributed by atoms with E-state index in [-0.39, 0.29) is 25.6 Å². The Kier molecular flexibility index (Phi) is 5.15. The SMILES string of the molecule is O=C(CNS(=O)(=O)Cc1ccc2c(c1)OCO2)NCc1ccccn1. The van der Waals surface area contributed by atoms with Crippen LogP contribution in [0.4, 0.5) is 0 Å². The summed E-state index contributed by atoms with van der Waals surface area (Å²) in [5.74, 6) is 0.417. The molecule has 0 bridgehead atoms. The highest BCUT2D eigenvalue weighted by molar-refractivity contribution is 7.88. The van der Waals surface area contributed by atoms with Crippen molar-refractivity contribution in [2.24, 2.45) is 0 Å². The zero-order valence-corrected chi connectivity index (χ0v) is 14.1. The molecule has 25 heavy (non-hydrogen) atoms. The molecule has 0 spiro atoms. The number of carbonyl (C=O) groups excluding carboxylic acids is 1. The molecule has 8 nitrogen and oxygen atoms in total. The molecule has 1 aromatic carbocycles. The number of nitrogens with zero attached hydrogens (tertiary/aromatic N) is 1. The molecule has 3 rings (SSSR count). The minimum Gasteiger partial charge on any atom is -0.454 e. The molecule has 1 aliphatic heterocycles. The first kappa shape index (κ1) is 17.2. The molecule has 2 aromatic rings. The van der Waals surface area contributed by atoms with Crippen LogP contribution < -0.4 is 19.5 Å². The number of aromatic nitrogens is 1. The fraction of sp³-hybridized carbons (Fsp3) is 0.250. The van der Waals surface area contributed by atoms with E-state index in [1.165, 1.54) is 0 Å². The van der Waals surface area contributed by atoms with Crippen molar-refractivity contribution in [2.45, 2.75) is 12.3 Å². The van der Waals surface area contributed by atoms with E-state index in [0.29, 0.717) is 22.8 Å². The molecule has 0 aliphatic carbocycles. The van der Waals surface area contributed by atoms with Crippen LogP contribution in [0.1, 0.15) is 11.3 Å². The number of nitrogens with one attached hydrogen (secondary N) is 2. The molecular weight excluding hydrogens is 346 g/mol. The topological polar surface area (TPSA) is 107 Å². The van der Waals surface area contributed by atoms with Gasteiger partial charge in [0.15, 0.2) is 11.5 Å². The second-order valence-electron chi connectivity index (χ2n) is 5.37.